The molecule has 0 bridgehead atoms. The number of nitrogens with one attached hydrogen (secondary N) is 4. The summed E-state index contributed by atoms with van der Waals surface area (Å²) in [6.45, 7) is 3.24. The van der Waals surface area contributed by atoms with E-state index in [-0.39, 0.29) is 17.9 Å². The first kappa shape index (κ1) is 17.7. The van der Waals surface area contributed by atoms with Crippen LogP contribution in [0.1, 0.15) is 34.6 Å². The Bertz CT molecular complexity index is 1140. The molecule has 2 aliphatic rings. The van der Waals surface area contributed by atoms with E-state index in [0.29, 0.717) is 24.5 Å². The number of aromatic amines is 1. The van der Waals surface area contributed by atoms with Crippen molar-refractivity contribution in [3.8, 4) is 11.3 Å². The van der Waals surface area contributed by atoms with Gasteiger partial charge in [-0.25, -0.2) is 9.97 Å². The minimum Gasteiger partial charge on any atom is -0.358 e. The molecule has 8 nitrogen and oxygen atoms in total. The minimum atomic E-state index is -0.303. The van der Waals surface area contributed by atoms with Crippen molar-refractivity contribution in [2.45, 2.75) is 32.2 Å². The molecule has 1 atom stereocenters. The maximum absolute atomic E-state index is 12.1. The molecule has 2 aliphatic heterocycles. The van der Waals surface area contributed by atoms with Crippen molar-refractivity contribution in [1.29, 1.82) is 0 Å². The number of piperidine rings is 1. The summed E-state index contributed by atoms with van der Waals surface area (Å²) in [6.07, 6.45) is 2.48. The van der Waals surface area contributed by atoms with Crippen molar-refractivity contribution < 1.29 is 9.59 Å². The maximum atomic E-state index is 12.1. The van der Waals surface area contributed by atoms with Gasteiger partial charge in [-0.05, 0) is 31.9 Å². The summed E-state index contributed by atoms with van der Waals surface area (Å²) < 4.78 is 0. The van der Waals surface area contributed by atoms with Crippen LogP contribution in [0.2, 0.25) is 0 Å². The number of rotatable bonds is 3. The highest BCUT2D eigenvalue weighted by Crippen LogP contribution is 2.30. The Hall–Kier alpha value is -3.42. The Morgan fingerprint density at radius 1 is 1.10 bits per heavy atom. The quantitative estimate of drug-likeness (QED) is 0.546. The van der Waals surface area contributed by atoms with E-state index in [0.717, 1.165) is 52.9 Å². The van der Waals surface area contributed by atoms with E-state index >= 15 is 0 Å². The van der Waals surface area contributed by atoms with Crippen molar-refractivity contribution in [2.24, 2.45) is 0 Å². The Labute approximate surface area is 167 Å². The normalized spacial score (nSPS) is 18.9. The van der Waals surface area contributed by atoms with E-state index < -0.39 is 0 Å². The molecule has 3 aromatic rings. The highest BCUT2D eigenvalue weighted by Gasteiger charge is 2.24. The van der Waals surface area contributed by atoms with Gasteiger partial charge in [0.05, 0.1) is 16.8 Å². The molecule has 0 radical (unpaired) electrons. The molecule has 2 amide bonds. The molecule has 1 saturated heterocycles. The van der Waals surface area contributed by atoms with Gasteiger partial charge in [0, 0.05) is 36.5 Å². The third-order valence-corrected chi connectivity index (χ3v) is 5.56. The number of nitrogens with zero attached hydrogens (tertiary/aromatic N) is 2. The van der Waals surface area contributed by atoms with Crippen LogP contribution in [-0.4, -0.2) is 45.9 Å². The Balaban J connectivity index is 1.58. The Morgan fingerprint density at radius 2 is 2.00 bits per heavy atom. The number of aryl methyl sites for hydroxylation is 1. The van der Waals surface area contributed by atoms with Crippen LogP contribution in [0.25, 0.3) is 22.3 Å². The van der Waals surface area contributed by atoms with E-state index in [2.05, 4.69) is 20.9 Å². The number of fused-ring (bicyclic) bond motifs is 2. The van der Waals surface area contributed by atoms with E-state index in [4.69, 9.17) is 9.97 Å². The summed E-state index contributed by atoms with van der Waals surface area (Å²) in [7, 11) is 0. The molecule has 1 aromatic carbocycles. The number of carbonyl (C=O) groups is 2. The van der Waals surface area contributed by atoms with Gasteiger partial charge in [-0.2, -0.15) is 0 Å². The first-order valence-electron chi connectivity index (χ1n) is 9.92. The van der Waals surface area contributed by atoms with Gasteiger partial charge >= 0.3 is 0 Å². The molecular weight excluding hydrogens is 368 g/mol. The largest absolute Gasteiger partial charge is 0.358 e. The van der Waals surface area contributed by atoms with Crippen LogP contribution in [0.4, 0.5) is 5.82 Å². The SMILES string of the molecule is Cc1nc2cccc(-c3cc4c([nH]3)CCNC4=O)c2nc1NC1CCCNC1=O. The smallest absolute Gasteiger partial charge is 0.253 e. The van der Waals surface area contributed by atoms with Crippen molar-refractivity contribution in [3.63, 3.8) is 0 Å². The van der Waals surface area contributed by atoms with Crippen LogP contribution in [0.3, 0.4) is 0 Å². The number of hydrogen-bond donors (Lipinski definition) is 4. The lowest BCUT2D eigenvalue weighted by Gasteiger charge is -2.24. The molecule has 5 rings (SSSR count). The molecule has 4 N–H and O–H groups in total. The summed E-state index contributed by atoms with van der Waals surface area (Å²) in [6, 6.07) is 7.40. The average molecular weight is 390 g/mol. The average Bonchev–Trinajstić information content (AvgIpc) is 3.15. The van der Waals surface area contributed by atoms with Crippen LogP contribution in [0.15, 0.2) is 24.3 Å². The minimum absolute atomic E-state index is 0.00566. The second-order valence-corrected chi connectivity index (χ2v) is 7.54. The van der Waals surface area contributed by atoms with E-state index in [9.17, 15) is 9.59 Å². The van der Waals surface area contributed by atoms with Crippen LogP contribution < -0.4 is 16.0 Å². The van der Waals surface area contributed by atoms with Gasteiger partial charge in [0.1, 0.15) is 17.4 Å². The summed E-state index contributed by atoms with van der Waals surface area (Å²) in [5, 5.41) is 9.02. The van der Waals surface area contributed by atoms with Crippen molar-refractivity contribution in [1.82, 2.24) is 25.6 Å². The zero-order valence-electron chi connectivity index (χ0n) is 16.1. The second-order valence-electron chi connectivity index (χ2n) is 7.54. The second kappa shape index (κ2) is 6.88. The van der Waals surface area contributed by atoms with Crippen molar-refractivity contribution in [3.05, 3.63) is 41.2 Å². The Morgan fingerprint density at radius 3 is 2.83 bits per heavy atom. The topological polar surface area (TPSA) is 112 Å². The van der Waals surface area contributed by atoms with Gasteiger partial charge in [-0.3, -0.25) is 9.59 Å². The fourth-order valence-electron chi connectivity index (χ4n) is 4.03. The van der Waals surface area contributed by atoms with Gasteiger partial charge in [-0.15, -0.1) is 0 Å². The monoisotopic (exact) mass is 390 g/mol. The standard InChI is InChI=1S/C21H22N6O2/c1-11-19(26-16-6-3-8-22-21(16)29)27-18-12(4-2-5-15(18)24-11)17-10-13-14(25-17)7-9-23-20(13)28/h2,4-5,10,16,25H,3,6-9H2,1H3,(H,22,29)(H,23,28)(H,26,27). The number of benzene rings is 1. The zero-order valence-corrected chi connectivity index (χ0v) is 16.1. The predicted molar refractivity (Wildman–Crippen MR) is 110 cm³/mol. The van der Waals surface area contributed by atoms with Gasteiger partial charge < -0.3 is 20.9 Å². The molecule has 1 fully saturated rings. The van der Waals surface area contributed by atoms with Crippen LogP contribution in [-0.2, 0) is 11.2 Å². The van der Waals surface area contributed by atoms with Crippen molar-refractivity contribution in [2.75, 3.05) is 18.4 Å². The van der Waals surface area contributed by atoms with Gasteiger partial charge in [0.25, 0.3) is 5.91 Å². The molecule has 0 aliphatic carbocycles. The summed E-state index contributed by atoms with van der Waals surface area (Å²) >= 11 is 0. The first-order valence-corrected chi connectivity index (χ1v) is 9.92. The summed E-state index contributed by atoms with van der Waals surface area (Å²) in [5.74, 6) is 0.552. The number of amides is 2. The van der Waals surface area contributed by atoms with E-state index in [1.54, 1.807) is 0 Å². The summed E-state index contributed by atoms with van der Waals surface area (Å²) in [4.78, 5) is 37.2. The van der Waals surface area contributed by atoms with Crippen LogP contribution >= 0.6 is 0 Å². The van der Waals surface area contributed by atoms with E-state index in [1.165, 1.54) is 0 Å². The predicted octanol–water partition coefficient (Wildman–Crippen LogP) is 1.91. The van der Waals surface area contributed by atoms with Gasteiger partial charge in [-0.1, -0.05) is 12.1 Å². The molecule has 4 heterocycles. The highest BCUT2D eigenvalue weighted by molar-refractivity contribution is 5.99. The number of para-hydroxylation sites is 1. The Kier molecular flexibility index (Phi) is 4.19. The molecule has 148 valence electrons. The maximum Gasteiger partial charge on any atom is 0.253 e. The summed E-state index contributed by atoms with van der Waals surface area (Å²) in [5.41, 5.74) is 5.61. The molecule has 8 heteroatoms. The highest BCUT2D eigenvalue weighted by atomic mass is 16.2. The third-order valence-electron chi connectivity index (χ3n) is 5.56. The molecule has 0 saturated carbocycles. The number of aromatic nitrogens is 3. The third kappa shape index (κ3) is 3.10. The fourth-order valence-corrected chi connectivity index (χ4v) is 4.03. The van der Waals surface area contributed by atoms with Crippen molar-refractivity contribution >= 4 is 28.7 Å². The molecule has 29 heavy (non-hydrogen) atoms. The first-order chi connectivity index (χ1) is 14.1. The lowest BCUT2D eigenvalue weighted by Crippen LogP contribution is -2.44. The molecule has 0 spiro atoms. The fraction of sp³-hybridized carbons (Fsp3) is 0.333. The molecular formula is C21H22N6O2. The molecule has 2 aromatic heterocycles. The number of anilines is 1. The number of H-pyrrole nitrogens is 1. The van der Waals surface area contributed by atoms with E-state index in [1.807, 2.05) is 31.2 Å². The van der Waals surface area contributed by atoms with Crippen LogP contribution in [0.5, 0.6) is 0 Å². The number of carbonyl (C=O) groups excluding carboxylic acids is 2. The van der Waals surface area contributed by atoms with Crippen LogP contribution in [0, 0.1) is 6.92 Å². The lowest BCUT2D eigenvalue weighted by molar-refractivity contribution is -0.123. The molecule has 1 unspecified atom stereocenters. The zero-order chi connectivity index (χ0) is 20.0. The van der Waals surface area contributed by atoms with Gasteiger partial charge in [0.2, 0.25) is 5.91 Å². The lowest BCUT2D eigenvalue weighted by atomic mass is 10.1. The number of hydrogen-bond acceptors (Lipinski definition) is 5. The van der Waals surface area contributed by atoms with Gasteiger partial charge in [0.15, 0.2) is 0 Å².